The molecule has 3 aromatic rings. The summed E-state index contributed by atoms with van der Waals surface area (Å²) >= 11 is 1.53. The van der Waals surface area contributed by atoms with Gasteiger partial charge in [0, 0.05) is 17.5 Å². The van der Waals surface area contributed by atoms with Gasteiger partial charge in [-0.05, 0) is 53.3 Å². The molecule has 0 saturated carbocycles. The molecule has 7 nitrogen and oxygen atoms in total. The van der Waals surface area contributed by atoms with Gasteiger partial charge in [-0.25, -0.2) is 13.2 Å². The summed E-state index contributed by atoms with van der Waals surface area (Å²) in [5.74, 6) is -1.05. The number of ether oxygens (including phenoxy) is 1. The fourth-order valence-corrected chi connectivity index (χ4v) is 5.58. The standard InChI is InChI=1S/C24H22N2O5S2/c27-23(25-16-20-5-3-15-32-20)17-31-24(28)12-9-18-7-10-21(11-8-18)33(29,30)26-14-13-19-4-1-2-6-22(19)26/h1-12,15H,13-14,16-17H2,(H,25,27). The first-order chi connectivity index (χ1) is 15.9. The molecule has 0 unspecified atom stereocenters. The maximum atomic E-state index is 13.0. The van der Waals surface area contributed by atoms with Crippen LogP contribution in [0.3, 0.4) is 0 Å². The molecule has 0 bridgehead atoms. The molecule has 1 amide bonds. The fourth-order valence-electron chi connectivity index (χ4n) is 3.43. The monoisotopic (exact) mass is 482 g/mol. The first-order valence-electron chi connectivity index (χ1n) is 10.3. The van der Waals surface area contributed by atoms with Crippen LogP contribution < -0.4 is 9.62 Å². The van der Waals surface area contributed by atoms with Gasteiger partial charge in [0.15, 0.2) is 6.61 Å². The number of carbonyl (C=O) groups excluding carboxylic acids is 2. The minimum atomic E-state index is -3.67. The molecule has 2 aromatic carbocycles. The maximum Gasteiger partial charge on any atom is 0.331 e. The lowest BCUT2D eigenvalue weighted by atomic mass is 10.2. The molecule has 1 aromatic heterocycles. The van der Waals surface area contributed by atoms with Crippen LogP contribution in [0.15, 0.2) is 77.0 Å². The lowest BCUT2D eigenvalue weighted by molar-refractivity contribution is -0.143. The molecule has 0 radical (unpaired) electrons. The van der Waals surface area contributed by atoms with E-state index in [1.54, 1.807) is 12.1 Å². The van der Waals surface area contributed by atoms with Crippen LogP contribution >= 0.6 is 11.3 Å². The molecule has 2 heterocycles. The van der Waals surface area contributed by atoms with Gasteiger partial charge < -0.3 is 10.1 Å². The number of carbonyl (C=O) groups is 2. The van der Waals surface area contributed by atoms with Crippen molar-refractivity contribution in [2.24, 2.45) is 0 Å². The van der Waals surface area contributed by atoms with E-state index in [2.05, 4.69) is 5.32 Å². The molecule has 1 aliphatic heterocycles. The number of fused-ring (bicyclic) bond motifs is 1. The number of anilines is 1. The molecule has 0 saturated heterocycles. The van der Waals surface area contributed by atoms with Crippen LogP contribution in [0.2, 0.25) is 0 Å². The van der Waals surface area contributed by atoms with Gasteiger partial charge in [0.05, 0.1) is 17.1 Å². The Morgan fingerprint density at radius 1 is 1.06 bits per heavy atom. The number of sulfonamides is 1. The van der Waals surface area contributed by atoms with E-state index in [1.807, 2.05) is 41.8 Å². The Bertz CT molecular complexity index is 1270. The minimum Gasteiger partial charge on any atom is -0.452 e. The molecule has 9 heteroatoms. The van der Waals surface area contributed by atoms with Crippen molar-refractivity contribution < 1.29 is 22.7 Å². The number of para-hydroxylation sites is 1. The van der Waals surface area contributed by atoms with Crippen LogP contribution in [0.25, 0.3) is 6.08 Å². The summed E-state index contributed by atoms with van der Waals surface area (Å²) < 4.78 is 32.5. The van der Waals surface area contributed by atoms with Gasteiger partial charge in [-0.2, -0.15) is 0 Å². The van der Waals surface area contributed by atoms with Gasteiger partial charge in [-0.15, -0.1) is 11.3 Å². The molecular formula is C24H22N2O5S2. The molecule has 0 spiro atoms. The van der Waals surface area contributed by atoms with Crippen molar-refractivity contribution >= 4 is 45.0 Å². The Morgan fingerprint density at radius 2 is 1.85 bits per heavy atom. The highest BCUT2D eigenvalue weighted by Gasteiger charge is 2.30. The van der Waals surface area contributed by atoms with Crippen molar-refractivity contribution in [2.45, 2.75) is 17.9 Å². The highest BCUT2D eigenvalue weighted by atomic mass is 32.2. The van der Waals surface area contributed by atoms with Crippen molar-refractivity contribution in [1.82, 2.24) is 5.32 Å². The Hall–Kier alpha value is -3.43. The topological polar surface area (TPSA) is 92.8 Å². The molecular weight excluding hydrogens is 460 g/mol. The molecule has 4 rings (SSSR count). The Balaban J connectivity index is 1.31. The average Bonchev–Trinajstić information content (AvgIpc) is 3.50. The predicted molar refractivity (Wildman–Crippen MR) is 127 cm³/mol. The molecule has 1 N–H and O–H groups in total. The zero-order chi connectivity index (χ0) is 23.3. The van der Waals surface area contributed by atoms with E-state index in [0.29, 0.717) is 30.8 Å². The lowest BCUT2D eigenvalue weighted by Gasteiger charge is -2.19. The van der Waals surface area contributed by atoms with Gasteiger partial charge in [-0.3, -0.25) is 9.10 Å². The molecule has 0 fully saturated rings. The van der Waals surface area contributed by atoms with Crippen molar-refractivity contribution in [3.05, 3.63) is 88.1 Å². The third-order valence-electron chi connectivity index (χ3n) is 5.11. The number of nitrogens with one attached hydrogen (secondary N) is 1. The van der Waals surface area contributed by atoms with Crippen LogP contribution in [0.4, 0.5) is 5.69 Å². The first-order valence-corrected chi connectivity index (χ1v) is 12.6. The van der Waals surface area contributed by atoms with Crippen molar-refractivity contribution in [1.29, 1.82) is 0 Å². The molecule has 170 valence electrons. The number of hydrogen-bond acceptors (Lipinski definition) is 6. The summed E-state index contributed by atoms with van der Waals surface area (Å²) in [6, 6.07) is 17.5. The summed E-state index contributed by atoms with van der Waals surface area (Å²) in [4.78, 5) is 24.8. The summed E-state index contributed by atoms with van der Waals surface area (Å²) in [5.41, 5.74) is 2.36. The third-order valence-corrected chi connectivity index (χ3v) is 7.81. The normalized spacial score (nSPS) is 13.2. The second-order valence-corrected chi connectivity index (χ2v) is 10.2. The van der Waals surface area contributed by atoms with Crippen LogP contribution in [0, 0.1) is 0 Å². The summed E-state index contributed by atoms with van der Waals surface area (Å²) in [5, 5.41) is 4.59. The quantitative estimate of drug-likeness (QED) is 0.393. The number of benzene rings is 2. The zero-order valence-electron chi connectivity index (χ0n) is 17.6. The van der Waals surface area contributed by atoms with Gasteiger partial charge in [0.2, 0.25) is 0 Å². The number of hydrogen-bond donors (Lipinski definition) is 1. The SMILES string of the molecule is O=C(COC(=O)C=Cc1ccc(S(=O)(=O)N2CCc3ccccc32)cc1)NCc1cccs1. The van der Waals surface area contributed by atoms with Crippen LogP contribution in [-0.2, 0) is 37.3 Å². The Morgan fingerprint density at radius 3 is 2.61 bits per heavy atom. The largest absolute Gasteiger partial charge is 0.452 e. The highest BCUT2D eigenvalue weighted by Crippen LogP contribution is 2.32. The summed E-state index contributed by atoms with van der Waals surface area (Å²) in [7, 11) is -3.67. The van der Waals surface area contributed by atoms with E-state index in [0.717, 1.165) is 10.4 Å². The van der Waals surface area contributed by atoms with E-state index >= 15 is 0 Å². The second-order valence-electron chi connectivity index (χ2n) is 7.32. The molecule has 0 atom stereocenters. The van der Waals surface area contributed by atoms with Gasteiger partial charge >= 0.3 is 5.97 Å². The molecule has 33 heavy (non-hydrogen) atoms. The summed E-state index contributed by atoms with van der Waals surface area (Å²) in [6.07, 6.45) is 3.39. The zero-order valence-corrected chi connectivity index (χ0v) is 19.3. The van der Waals surface area contributed by atoms with Crippen molar-refractivity contribution in [2.75, 3.05) is 17.5 Å². The smallest absolute Gasteiger partial charge is 0.331 e. The van der Waals surface area contributed by atoms with Crippen molar-refractivity contribution in [3.8, 4) is 0 Å². The Labute approximate surface area is 196 Å². The summed E-state index contributed by atoms with van der Waals surface area (Å²) in [6.45, 7) is 0.432. The maximum absolute atomic E-state index is 13.0. The van der Waals surface area contributed by atoms with E-state index in [1.165, 1.54) is 39.9 Å². The number of esters is 1. The second kappa shape index (κ2) is 10.0. The molecule has 1 aliphatic rings. The number of amides is 1. The van der Waals surface area contributed by atoms with Crippen LogP contribution in [0.5, 0.6) is 0 Å². The predicted octanol–water partition coefficient (Wildman–Crippen LogP) is 3.37. The number of nitrogens with zero attached hydrogens (tertiary/aromatic N) is 1. The van der Waals surface area contributed by atoms with Crippen molar-refractivity contribution in [3.63, 3.8) is 0 Å². The first kappa shape index (κ1) is 22.8. The van der Waals surface area contributed by atoms with Gasteiger partial charge in [0.25, 0.3) is 15.9 Å². The Kier molecular flexibility index (Phi) is 6.90. The van der Waals surface area contributed by atoms with Crippen LogP contribution in [-0.4, -0.2) is 33.4 Å². The third kappa shape index (κ3) is 5.50. The molecule has 0 aliphatic carbocycles. The minimum absolute atomic E-state index is 0.182. The van der Waals surface area contributed by atoms with E-state index < -0.39 is 16.0 Å². The van der Waals surface area contributed by atoms with Crippen LogP contribution in [0.1, 0.15) is 16.0 Å². The van der Waals surface area contributed by atoms with E-state index in [4.69, 9.17) is 4.74 Å². The van der Waals surface area contributed by atoms with E-state index in [-0.39, 0.29) is 17.4 Å². The average molecular weight is 483 g/mol. The van der Waals surface area contributed by atoms with Gasteiger partial charge in [-0.1, -0.05) is 36.4 Å². The van der Waals surface area contributed by atoms with E-state index in [9.17, 15) is 18.0 Å². The highest BCUT2D eigenvalue weighted by molar-refractivity contribution is 7.92. The fraction of sp³-hybridized carbons (Fsp3) is 0.167. The number of rotatable bonds is 8. The number of thiophene rings is 1. The van der Waals surface area contributed by atoms with Gasteiger partial charge in [0.1, 0.15) is 0 Å². The lowest BCUT2D eigenvalue weighted by Crippen LogP contribution is -2.29.